The average Bonchev–Trinajstić information content (AvgIpc) is 2.68. The first-order valence-corrected chi connectivity index (χ1v) is 9.67. The van der Waals surface area contributed by atoms with E-state index in [4.69, 9.17) is 16.3 Å². The lowest BCUT2D eigenvalue weighted by Gasteiger charge is -2.36. The zero-order chi connectivity index (χ0) is 19.1. The lowest BCUT2D eigenvalue weighted by Crippen LogP contribution is -2.48. The summed E-state index contributed by atoms with van der Waals surface area (Å²) in [5.74, 6) is 0.639. The van der Waals surface area contributed by atoms with Crippen LogP contribution < -0.4 is 15.0 Å². The fourth-order valence-electron chi connectivity index (χ4n) is 3.14. The molecule has 3 rings (SSSR count). The van der Waals surface area contributed by atoms with E-state index in [0.717, 1.165) is 49.1 Å². The molecule has 0 radical (unpaired) electrons. The summed E-state index contributed by atoms with van der Waals surface area (Å²) in [4.78, 5) is 16.7. The molecule has 0 atom stereocenters. The normalized spacial score (nSPS) is 14.8. The van der Waals surface area contributed by atoms with Crippen molar-refractivity contribution < 1.29 is 9.53 Å². The summed E-state index contributed by atoms with van der Waals surface area (Å²) < 4.78 is 5.52. The van der Waals surface area contributed by atoms with Gasteiger partial charge in [-0.1, -0.05) is 23.7 Å². The third kappa shape index (κ3) is 6.15. The van der Waals surface area contributed by atoms with E-state index in [2.05, 4.69) is 27.2 Å². The fraction of sp³-hybridized carbons (Fsp3) is 0.381. The number of carbonyl (C=O) groups excluding carboxylic acids is 1. The number of ether oxygens (including phenoxy) is 1. The SMILES string of the molecule is Cc1cccc(OCC(=O)NCCN2CCN(c3ccc(Cl)cc3)CC2)c1. The van der Waals surface area contributed by atoms with Gasteiger partial charge < -0.3 is 15.0 Å². The van der Waals surface area contributed by atoms with Crippen molar-refractivity contribution in [3.05, 3.63) is 59.1 Å². The highest BCUT2D eigenvalue weighted by atomic mass is 35.5. The highest BCUT2D eigenvalue weighted by Crippen LogP contribution is 2.19. The van der Waals surface area contributed by atoms with E-state index < -0.39 is 0 Å². The Morgan fingerprint density at radius 3 is 2.56 bits per heavy atom. The molecule has 1 heterocycles. The van der Waals surface area contributed by atoms with Crippen molar-refractivity contribution in [1.82, 2.24) is 10.2 Å². The number of aryl methyl sites for hydroxylation is 1. The molecule has 0 unspecified atom stereocenters. The van der Waals surface area contributed by atoms with Crippen LogP contribution in [0.1, 0.15) is 5.56 Å². The third-order valence-corrected chi connectivity index (χ3v) is 4.93. The first-order chi connectivity index (χ1) is 13.1. The van der Waals surface area contributed by atoms with Crippen LogP contribution in [0.4, 0.5) is 5.69 Å². The van der Waals surface area contributed by atoms with E-state index in [1.807, 2.05) is 43.3 Å². The highest BCUT2D eigenvalue weighted by molar-refractivity contribution is 6.30. The second kappa shape index (κ2) is 9.62. The van der Waals surface area contributed by atoms with E-state index in [1.165, 1.54) is 5.69 Å². The Balaban J connectivity index is 1.32. The van der Waals surface area contributed by atoms with Gasteiger partial charge in [0, 0.05) is 50.0 Å². The van der Waals surface area contributed by atoms with E-state index in [9.17, 15) is 4.79 Å². The van der Waals surface area contributed by atoms with Gasteiger partial charge in [0.15, 0.2) is 6.61 Å². The first-order valence-electron chi connectivity index (χ1n) is 9.29. The van der Waals surface area contributed by atoms with Crippen molar-refractivity contribution >= 4 is 23.2 Å². The van der Waals surface area contributed by atoms with Crippen molar-refractivity contribution in [2.45, 2.75) is 6.92 Å². The topological polar surface area (TPSA) is 44.8 Å². The van der Waals surface area contributed by atoms with Gasteiger partial charge >= 0.3 is 0 Å². The van der Waals surface area contributed by atoms with Crippen molar-refractivity contribution in [2.24, 2.45) is 0 Å². The van der Waals surface area contributed by atoms with Crippen molar-refractivity contribution in [1.29, 1.82) is 0 Å². The number of hydrogen-bond acceptors (Lipinski definition) is 4. The molecule has 1 aliphatic rings. The van der Waals surface area contributed by atoms with Crippen LogP contribution in [0.5, 0.6) is 5.75 Å². The number of rotatable bonds is 7. The number of hydrogen-bond donors (Lipinski definition) is 1. The molecule has 27 heavy (non-hydrogen) atoms. The molecular weight excluding hydrogens is 362 g/mol. The number of amides is 1. The van der Waals surface area contributed by atoms with Crippen LogP contribution in [-0.2, 0) is 4.79 Å². The summed E-state index contributed by atoms with van der Waals surface area (Å²) in [6, 6.07) is 15.7. The van der Waals surface area contributed by atoms with Crippen LogP contribution in [0.15, 0.2) is 48.5 Å². The molecule has 5 nitrogen and oxygen atoms in total. The summed E-state index contributed by atoms with van der Waals surface area (Å²) in [6.07, 6.45) is 0. The maximum absolute atomic E-state index is 11.9. The van der Waals surface area contributed by atoms with Crippen LogP contribution in [0, 0.1) is 6.92 Å². The number of halogens is 1. The Kier molecular flexibility index (Phi) is 6.96. The van der Waals surface area contributed by atoms with Gasteiger partial charge in [-0.3, -0.25) is 9.69 Å². The smallest absolute Gasteiger partial charge is 0.257 e. The summed E-state index contributed by atoms with van der Waals surface area (Å²) in [6.45, 7) is 7.46. The minimum absolute atomic E-state index is 0.0494. The maximum Gasteiger partial charge on any atom is 0.257 e. The number of benzene rings is 2. The molecule has 0 spiro atoms. The van der Waals surface area contributed by atoms with Crippen LogP contribution >= 0.6 is 11.6 Å². The predicted molar refractivity (Wildman–Crippen MR) is 110 cm³/mol. The molecule has 1 fully saturated rings. The van der Waals surface area contributed by atoms with Crippen LogP contribution in [0.25, 0.3) is 0 Å². The molecule has 1 amide bonds. The van der Waals surface area contributed by atoms with Gasteiger partial charge in [0.25, 0.3) is 5.91 Å². The highest BCUT2D eigenvalue weighted by Gasteiger charge is 2.17. The van der Waals surface area contributed by atoms with E-state index in [0.29, 0.717) is 6.54 Å². The number of nitrogens with zero attached hydrogens (tertiary/aromatic N) is 2. The predicted octanol–water partition coefficient (Wildman–Crippen LogP) is 2.97. The number of anilines is 1. The van der Waals surface area contributed by atoms with Gasteiger partial charge in [-0.15, -0.1) is 0 Å². The monoisotopic (exact) mass is 387 g/mol. The number of carbonyl (C=O) groups is 1. The Hall–Kier alpha value is -2.24. The molecular formula is C21H26ClN3O2. The van der Waals surface area contributed by atoms with Crippen LogP contribution in [0.3, 0.4) is 0 Å². The molecule has 0 saturated carbocycles. The molecule has 2 aromatic carbocycles. The van der Waals surface area contributed by atoms with Gasteiger partial charge in [-0.25, -0.2) is 0 Å². The second-order valence-electron chi connectivity index (χ2n) is 6.76. The summed E-state index contributed by atoms with van der Waals surface area (Å²) in [7, 11) is 0. The minimum atomic E-state index is -0.0868. The molecule has 1 saturated heterocycles. The standard InChI is InChI=1S/C21H26ClN3O2/c1-17-3-2-4-20(15-17)27-16-21(26)23-9-10-24-11-13-25(14-12-24)19-7-5-18(22)6-8-19/h2-8,15H,9-14,16H2,1H3,(H,23,26). The van der Waals surface area contributed by atoms with Crippen LogP contribution in [0.2, 0.25) is 5.02 Å². The molecule has 1 aliphatic heterocycles. The Bertz CT molecular complexity index is 743. The molecule has 6 heteroatoms. The van der Waals surface area contributed by atoms with Crippen molar-refractivity contribution in [3.8, 4) is 5.75 Å². The largest absolute Gasteiger partial charge is 0.484 e. The fourth-order valence-corrected chi connectivity index (χ4v) is 3.27. The first kappa shape index (κ1) is 19.5. The average molecular weight is 388 g/mol. The molecule has 144 valence electrons. The minimum Gasteiger partial charge on any atom is -0.484 e. The Labute approximate surface area is 165 Å². The lowest BCUT2D eigenvalue weighted by molar-refractivity contribution is -0.123. The lowest BCUT2D eigenvalue weighted by atomic mass is 10.2. The number of piperazine rings is 1. The number of nitrogens with one attached hydrogen (secondary N) is 1. The third-order valence-electron chi connectivity index (χ3n) is 4.67. The quantitative estimate of drug-likeness (QED) is 0.793. The van der Waals surface area contributed by atoms with Crippen molar-refractivity contribution in [2.75, 3.05) is 50.8 Å². The van der Waals surface area contributed by atoms with E-state index in [1.54, 1.807) is 0 Å². The Morgan fingerprint density at radius 1 is 1.11 bits per heavy atom. The Morgan fingerprint density at radius 2 is 1.85 bits per heavy atom. The van der Waals surface area contributed by atoms with Gasteiger partial charge in [0.1, 0.15) is 5.75 Å². The van der Waals surface area contributed by atoms with E-state index >= 15 is 0 Å². The zero-order valence-corrected chi connectivity index (χ0v) is 16.4. The zero-order valence-electron chi connectivity index (χ0n) is 15.7. The molecule has 0 bridgehead atoms. The van der Waals surface area contributed by atoms with Gasteiger partial charge in [-0.2, -0.15) is 0 Å². The van der Waals surface area contributed by atoms with Crippen molar-refractivity contribution in [3.63, 3.8) is 0 Å². The molecule has 0 aromatic heterocycles. The summed E-state index contributed by atoms with van der Waals surface area (Å²) >= 11 is 5.95. The maximum atomic E-state index is 11.9. The van der Waals surface area contributed by atoms with Gasteiger partial charge in [0.2, 0.25) is 0 Å². The molecule has 2 aromatic rings. The second-order valence-corrected chi connectivity index (χ2v) is 7.20. The van der Waals surface area contributed by atoms with E-state index in [-0.39, 0.29) is 12.5 Å². The van der Waals surface area contributed by atoms with Gasteiger partial charge in [-0.05, 0) is 48.9 Å². The summed E-state index contributed by atoms with van der Waals surface area (Å²) in [5.41, 5.74) is 2.33. The van der Waals surface area contributed by atoms with Crippen LogP contribution in [-0.4, -0.2) is 56.7 Å². The molecule has 0 aliphatic carbocycles. The van der Waals surface area contributed by atoms with Gasteiger partial charge in [0.05, 0.1) is 0 Å². The summed E-state index contributed by atoms with van der Waals surface area (Å²) in [5, 5.41) is 3.69. The molecule has 1 N–H and O–H groups in total.